The minimum atomic E-state index is -3.76. The number of hydrogen-bond acceptors (Lipinski definition) is 7. The van der Waals surface area contributed by atoms with E-state index in [0.717, 1.165) is 25.9 Å². The number of rotatable bonds is 8. The van der Waals surface area contributed by atoms with E-state index in [1.54, 1.807) is 6.07 Å². The van der Waals surface area contributed by atoms with E-state index < -0.39 is 21.7 Å². The maximum atomic E-state index is 12.8. The minimum absolute atomic E-state index is 0.0110. The number of anilines is 1. The minimum Gasteiger partial charge on any atom is -0.348 e. The molecule has 0 atom stereocenters. The number of carbonyl (C=O) groups excluding carboxylic acids is 2. The lowest BCUT2D eigenvalue weighted by atomic mass is 10.0. The zero-order valence-corrected chi connectivity index (χ0v) is 20.5. The number of pyridine rings is 1. The first kappa shape index (κ1) is 25.1. The van der Waals surface area contributed by atoms with E-state index in [-0.39, 0.29) is 35.0 Å². The molecule has 1 aliphatic heterocycles. The number of hydrogen-bond donors (Lipinski definition) is 2. The Labute approximate surface area is 198 Å². The van der Waals surface area contributed by atoms with Crippen LogP contribution < -0.4 is 10.6 Å². The Morgan fingerprint density at radius 1 is 1.24 bits per heavy atom. The topological polar surface area (TPSA) is 126 Å². The van der Waals surface area contributed by atoms with Crippen LogP contribution in [0.5, 0.6) is 0 Å². The van der Waals surface area contributed by atoms with Crippen molar-refractivity contribution in [2.24, 2.45) is 0 Å². The van der Waals surface area contributed by atoms with E-state index in [1.165, 1.54) is 30.0 Å². The van der Waals surface area contributed by atoms with Crippen molar-refractivity contribution >= 4 is 39.1 Å². The maximum Gasteiger partial charge on any atom is 0.271 e. The molecular formula is C21H29ClN6O4S. The number of carbonyl (C=O) groups is 2. The van der Waals surface area contributed by atoms with Crippen LogP contribution in [0.4, 0.5) is 5.82 Å². The molecule has 3 rings (SSSR count). The third-order valence-electron chi connectivity index (χ3n) is 5.53. The first-order valence-corrected chi connectivity index (χ1v) is 12.9. The van der Waals surface area contributed by atoms with Gasteiger partial charge in [0.25, 0.3) is 5.91 Å². The summed E-state index contributed by atoms with van der Waals surface area (Å²) in [7, 11) is -3.76. The summed E-state index contributed by atoms with van der Waals surface area (Å²) in [5.41, 5.74) is -0.0364. The fourth-order valence-corrected chi connectivity index (χ4v) is 4.69. The number of nitrogens with one attached hydrogen (secondary N) is 2. The molecule has 0 bridgehead atoms. The molecule has 2 aromatic heterocycles. The van der Waals surface area contributed by atoms with E-state index >= 15 is 0 Å². The fraction of sp³-hybridized carbons (Fsp3) is 0.524. The molecule has 1 aliphatic rings. The largest absolute Gasteiger partial charge is 0.348 e. The molecule has 0 saturated carbocycles. The van der Waals surface area contributed by atoms with Gasteiger partial charge in [0.1, 0.15) is 18.1 Å². The second kappa shape index (κ2) is 10.6. The van der Waals surface area contributed by atoms with E-state index in [4.69, 9.17) is 11.6 Å². The number of sulfone groups is 1. The summed E-state index contributed by atoms with van der Waals surface area (Å²) in [5.74, 6) is -0.902. The van der Waals surface area contributed by atoms with Crippen molar-refractivity contribution in [3.63, 3.8) is 0 Å². The number of nitrogens with zero attached hydrogens (tertiary/aromatic N) is 4. The Hall–Kier alpha value is -2.50. The summed E-state index contributed by atoms with van der Waals surface area (Å²) in [6, 6.07) is 3.54. The molecule has 0 radical (unpaired) electrons. The van der Waals surface area contributed by atoms with Gasteiger partial charge < -0.3 is 20.1 Å². The SMILES string of the molecule is CCS(=O)(=O)c1nc(C(=O)NC2CCN(C(C)C)CC2)cn1CC(=O)Nc1ccc(Cl)cn1. The lowest BCUT2D eigenvalue weighted by Crippen LogP contribution is -2.46. The lowest BCUT2D eigenvalue weighted by molar-refractivity contribution is -0.116. The van der Waals surface area contributed by atoms with Crippen LogP contribution in [0, 0.1) is 0 Å². The highest BCUT2D eigenvalue weighted by Crippen LogP contribution is 2.16. The summed E-state index contributed by atoms with van der Waals surface area (Å²) in [6.45, 7) is 7.18. The molecule has 0 spiro atoms. The zero-order valence-electron chi connectivity index (χ0n) is 18.9. The van der Waals surface area contributed by atoms with Crippen molar-refractivity contribution in [2.75, 3.05) is 24.2 Å². The standard InChI is InChI=1S/C21H29ClN6O4S/c1-4-33(31,32)21-25-17(20(30)24-16-7-9-27(10-8-16)14(2)3)12-28(21)13-19(29)26-18-6-5-15(22)11-23-18/h5-6,11-12,14,16H,4,7-10,13H2,1-3H3,(H,24,30)(H,23,26,29). The average molecular weight is 497 g/mol. The van der Waals surface area contributed by atoms with E-state index in [1.807, 2.05) is 0 Å². The van der Waals surface area contributed by atoms with Crippen LogP contribution in [0.3, 0.4) is 0 Å². The first-order valence-electron chi connectivity index (χ1n) is 10.8. The van der Waals surface area contributed by atoms with Crippen molar-refractivity contribution in [1.29, 1.82) is 0 Å². The van der Waals surface area contributed by atoms with Gasteiger partial charge in [-0.3, -0.25) is 9.59 Å². The molecule has 2 aromatic rings. The van der Waals surface area contributed by atoms with Crippen LogP contribution in [-0.2, 0) is 21.2 Å². The van der Waals surface area contributed by atoms with Gasteiger partial charge in [0.2, 0.25) is 20.9 Å². The summed E-state index contributed by atoms with van der Waals surface area (Å²) < 4.78 is 26.3. The zero-order chi connectivity index (χ0) is 24.2. The number of aromatic nitrogens is 3. The second-order valence-electron chi connectivity index (χ2n) is 8.23. The maximum absolute atomic E-state index is 12.8. The third-order valence-corrected chi connectivity index (χ3v) is 7.40. The molecule has 0 unspecified atom stereocenters. The van der Waals surface area contributed by atoms with Gasteiger partial charge in [0.15, 0.2) is 0 Å². The van der Waals surface area contributed by atoms with Gasteiger partial charge in [-0.25, -0.2) is 18.4 Å². The van der Waals surface area contributed by atoms with Crippen LogP contribution >= 0.6 is 11.6 Å². The van der Waals surface area contributed by atoms with Crippen LogP contribution in [0.2, 0.25) is 5.02 Å². The molecule has 10 nitrogen and oxygen atoms in total. The summed E-state index contributed by atoms with van der Waals surface area (Å²) >= 11 is 5.79. The number of halogens is 1. The van der Waals surface area contributed by atoms with Gasteiger partial charge in [-0.05, 0) is 38.8 Å². The van der Waals surface area contributed by atoms with Crippen molar-refractivity contribution in [3.8, 4) is 0 Å². The second-order valence-corrected chi connectivity index (χ2v) is 10.8. The van der Waals surface area contributed by atoms with Gasteiger partial charge in [-0.1, -0.05) is 18.5 Å². The molecule has 2 amide bonds. The van der Waals surface area contributed by atoms with Crippen LogP contribution in [-0.4, -0.2) is 70.6 Å². The Bertz CT molecular complexity index is 1090. The highest BCUT2D eigenvalue weighted by atomic mass is 35.5. The molecule has 12 heteroatoms. The lowest BCUT2D eigenvalue weighted by Gasteiger charge is -2.34. The van der Waals surface area contributed by atoms with E-state index in [0.29, 0.717) is 11.1 Å². The molecule has 0 aromatic carbocycles. The smallest absolute Gasteiger partial charge is 0.271 e. The monoisotopic (exact) mass is 496 g/mol. The predicted molar refractivity (Wildman–Crippen MR) is 125 cm³/mol. The van der Waals surface area contributed by atoms with Crippen LogP contribution in [0.1, 0.15) is 44.1 Å². The van der Waals surface area contributed by atoms with E-state index in [9.17, 15) is 18.0 Å². The molecule has 0 aliphatic carbocycles. The summed E-state index contributed by atoms with van der Waals surface area (Å²) in [6.07, 6.45) is 4.30. The molecule has 180 valence electrons. The Balaban J connectivity index is 1.73. The van der Waals surface area contributed by atoms with E-state index in [2.05, 4.69) is 39.3 Å². The van der Waals surface area contributed by atoms with Gasteiger partial charge >= 0.3 is 0 Å². The Morgan fingerprint density at radius 3 is 2.52 bits per heavy atom. The van der Waals surface area contributed by atoms with Crippen molar-refractivity contribution in [2.45, 2.75) is 57.4 Å². The number of piperidine rings is 1. The fourth-order valence-electron chi connectivity index (χ4n) is 3.61. The highest BCUT2D eigenvalue weighted by molar-refractivity contribution is 7.91. The van der Waals surface area contributed by atoms with Crippen molar-refractivity contribution < 1.29 is 18.0 Å². The van der Waals surface area contributed by atoms with Gasteiger partial charge in [-0.15, -0.1) is 0 Å². The quantitative estimate of drug-likeness (QED) is 0.572. The molecule has 3 heterocycles. The van der Waals surface area contributed by atoms with Crippen LogP contribution in [0.15, 0.2) is 29.7 Å². The van der Waals surface area contributed by atoms with Gasteiger partial charge in [-0.2, -0.15) is 0 Å². The highest BCUT2D eigenvalue weighted by Gasteiger charge is 2.27. The van der Waals surface area contributed by atoms with Gasteiger partial charge in [0.05, 0.1) is 10.8 Å². The van der Waals surface area contributed by atoms with Crippen molar-refractivity contribution in [1.82, 2.24) is 24.8 Å². The van der Waals surface area contributed by atoms with Crippen molar-refractivity contribution in [3.05, 3.63) is 35.2 Å². The number of amides is 2. The summed E-state index contributed by atoms with van der Waals surface area (Å²) in [4.78, 5) is 35.7. The average Bonchev–Trinajstić information content (AvgIpc) is 3.20. The number of likely N-dealkylation sites (tertiary alicyclic amines) is 1. The van der Waals surface area contributed by atoms with Crippen LogP contribution in [0.25, 0.3) is 0 Å². The molecule has 1 saturated heterocycles. The Kier molecular flexibility index (Phi) is 8.09. The third kappa shape index (κ3) is 6.52. The molecule has 1 fully saturated rings. The molecular weight excluding hydrogens is 468 g/mol. The first-order chi connectivity index (χ1) is 15.6. The number of imidazole rings is 1. The normalized spacial score (nSPS) is 15.5. The summed E-state index contributed by atoms with van der Waals surface area (Å²) in [5, 5.41) is 5.62. The predicted octanol–water partition coefficient (Wildman–Crippen LogP) is 1.97. The molecule has 33 heavy (non-hydrogen) atoms. The van der Waals surface area contributed by atoms with Gasteiger partial charge in [0, 0.05) is 37.6 Å². The molecule has 2 N–H and O–H groups in total. The Morgan fingerprint density at radius 2 is 1.94 bits per heavy atom.